The van der Waals surface area contributed by atoms with Crippen LogP contribution in [0.4, 0.5) is 5.82 Å². The lowest BCUT2D eigenvalue weighted by atomic mass is 9.88. The number of anilines is 1. The number of aromatic nitrogens is 1. The molecule has 7 heteroatoms. The number of benzene rings is 1. The van der Waals surface area contributed by atoms with Gasteiger partial charge in [-0.3, -0.25) is 4.99 Å². The molecule has 2 aromatic rings. The van der Waals surface area contributed by atoms with Crippen molar-refractivity contribution in [3.63, 3.8) is 0 Å². The second kappa shape index (κ2) is 10.8. The van der Waals surface area contributed by atoms with Gasteiger partial charge in [-0.05, 0) is 67.9 Å². The second-order valence-electron chi connectivity index (χ2n) is 7.93. The molecular formula is C23H32IN5O. The van der Waals surface area contributed by atoms with Crippen LogP contribution in [-0.2, 0) is 19.4 Å². The summed E-state index contributed by atoms with van der Waals surface area (Å²) in [7, 11) is 1.80. The van der Waals surface area contributed by atoms with Crippen LogP contribution in [0.5, 0.6) is 5.75 Å². The molecule has 1 saturated heterocycles. The van der Waals surface area contributed by atoms with E-state index in [1.54, 1.807) is 7.05 Å². The third kappa shape index (κ3) is 5.36. The minimum absolute atomic E-state index is 0. The van der Waals surface area contributed by atoms with E-state index >= 15 is 0 Å². The molecule has 3 N–H and O–H groups in total. The molecule has 0 spiro atoms. The fourth-order valence-corrected chi connectivity index (χ4v) is 4.44. The van der Waals surface area contributed by atoms with Crippen LogP contribution in [0.25, 0.3) is 0 Å². The first-order chi connectivity index (χ1) is 14.2. The van der Waals surface area contributed by atoms with E-state index in [4.69, 9.17) is 0 Å². The average Bonchev–Trinajstić information content (AvgIpc) is 2.78. The summed E-state index contributed by atoms with van der Waals surface area (Å²) < 4.78 is 0. The summed E-state index contributed by atoms with van der Waals surface area (Å²) in [5, 5.41) is 17.4. The Labute approximate surface area is 196 Å². The highest BCUT2D eigenvalue weighted by molar-refractivity contribution is 14.0. The lowest BCUT2D eigenvalue weighted by molar-refractivity contribution is 0.456. The van der Waals surface area contributed by atoms with E-state index in [-0.39, 0.29) is 24.0 Å². The van der Waals surface area contributed by atoms with Gasteiger partial charge in [-0.2, -0.15) is 0 Å². The van der Waals surface area contributed by atoms with Gasteiger partial charge in [0.1, 0.15) is 11.6 Å². The number of piperidine rings is 1. The van der Waals surface area contributed by atoms with Gasteiger partial charge in [0.2, 0.25) is 0 Å². The van der Waals surface area contributed by atoms with Gasteiger partial charge in [0, 0.05) is 44.5 Å². The molecule has 1 aliphatic heterocycles. The lowest BCUT2D eigenvalue weighted by Crippen LogP contribution is -2.48. The van der Waals surface area contributed by atoms with Crippen LogP contribution in [-0.4, -0.2) is 42.2 Å². The fourth-order valence-electron chi connectivity index (χ4n) is 4.44. The Morgan fingerprint density at radius 2 is 1.97 bits per heavy atom. The van der Waals surface area contributed by atoms with Crippen molar-refractivity contribution in [1.82, 2.24) is 15.6 Å². The molecule has 0 saturated carbocycles. The lowest BCUT2D eigenvalue weighted by Gasteiger charge is -2.33. The molecule has 1 aromatic carbocycles. The number of aryl methyl sites for hydroxylation is 1. The van der Waals surface area contributed by atoms with Gasteiger partial charge in [0.25, 0.3) is 0 Å². The van der Waals surface area contributed by atoms with Crippen molar-refractivity contribution in [2.75, 3.05) is 25.0 Å². The van der Waals surface area contributed by atoms with Crippen LogP contribution in [0.15, 0.2) is 41.5 Å². The highest BCUT2D eigenvalue weighted by Crippen LogP contribution is 2.30. The number of aliphatic imine (C=N–C) groups is 1. The molecule has 4 rings (SSSR count). The van der Waals surface area contributed by atoms with Gasteiger partial charge >= 0.3 is 0 Å². The first kappa shape index (κ1) is 22.7. The standard InChI is InChI=1S/C23H31N5O.HI/c1-24-23(26-16-20-19-7-3-2-6-17(19)9-10-21(20)29)27-18-11-14-28(15-12-18)22-8-4-5-13-25-22;/h4-5,8-10,13,18,29H,2-3,6-7,11-12,14-16H2,1H3,(H2,24,26,27);1H. The molecule has 2 aliphatic rings. The summed E-state index contributed by atoms with van der Waals surface area (Å²) in [6.07, 6.45) is 8.55. The number of halogens is 1. The number of fused-ring (bicyclic) bond motifs is 1. The molecule has 1 aromatic heterocycles. The Morgan fingerprint density at radius 1 is 1.17 bits per heavy atom. The minimum atomic E-state index is 0. The largest absolute Gasteiger partial charge is 0.508 e. The SMILES string of the molecule is CN=C(NCc1c(O)ccc2c1CCCC2)NC1CCN(c2ccccn2)CC1.I. The smallest absolute Gasteiger partial charge is 0.191 e. The number of nitrogens with zero attached hydrogens (tertiary/aromatic N) is 3. The fraction of sp³-hybridized carbons (Fsp3) is 0.478. The van der Waals surface area contributed by atoms with E-state index in [9.17, 15) is 5.11 Å². The molecule has 6 nitrogen and oxygen atoms in total. The molecule has 162 valence electrons. The zero-order chi connectivity index (χ0) is 20.1. The average molecular weight is 521 g/mol. The molecule has 1 fully saturated rings. The van der Waals surface area contributed by atoms with Crippen LogP contribution >= 0.6 is 24.0 Å². The summed E-state index contributed by atoms with van der Waals surface area (Å²) in [4.78, 5) is 11.2. The van der Waals surface area contributed by atoms with Crippen molar-refractivity contribution in [1.29, 1.82) is 0 Å². The normalized spacial score (nSPS) is 17.1. The first-order valence-corrected chi connectivity index (χ1v) is 10.7. The zero-order valence-electron chi connectivity index (χ0n) is 17.6. The molecule has 0 radical (unpaired) electrons. The zero-order valence-corrected chi connectivity index (χ0v) is 19.9. The van der Waals surface area contributed by atoms with Crippen LogP contribution in [0.1, 0.15) is 42.4 Å². The second-order valence-corrected chi connectivity index (χ2v) is 7.93. The van der Waals surface area contributed by atoms with Gasteiger partial charge in [-0.1, -0.05) is 12.1 Å². The molecule has 1 aliphatic carbocycles. The number of aromatic hydroxyl groups is 1. The topological polar surface area (TPSA) is 72.8 Å². The van der Waals surface area contributed by atoms with Gasteiger partial charge in [-0.15, -0.1) is 24.0 Å². The number of hydrogen-bond donors (Lipinski definition) is 3. The van der Waals surface area contributed by atoms with Crippen molar-refractivity contribution in [2.45, 2.75) is 51.1 Å². The number of nitrogens with one attached hydrogen (secondary N) is 2. The Balaban J connectivity index is 0.00000256. The predicted octanol–water partition coefficient (Wildman–Crippen LogP) is 3.62. The molecule has 0 atom stereocenters. The molecule has 2 heterocycles. The molecule has 0 bridgehead atoms. The number of pyridine rings is 1. The highest BCUT2D eigenvalue weighted by atomic mass is 127. The summed E-state index contributed by atoms with van der Waals surface area (Å²) in [6.45, 7) is 2.57. The summed E-state index contributed by atoms with van der Waals surface area (Å²) >= 11 is 0. The van der Waals surface area contributed by atoms with Crippen LogP contribution < -0.4 is 15.5 Å². The molecular weight excluding hydrogens is 489 g/mol. The number of phenolic OH excluding ortho intramolecular Hbond substituents is 1. The van der Waals surface area contributed by atoms with E-state index in [0.29, 0.717) is 18.3 Å². The summed E-state index contributed by atoms with van der Waals surface area (Å²) in [5.74, 6) is 2.24. The quantitative estimate of drug-likeness (QED) is 0.326. The molecule has 0 unspecified atom stereocenters. The van der Waals surface area contributed by atoms with E-state index in [1.165, 1.54) is 24.0 Å². The number of phenols is 1. The maximum atomic E-state index is 10.4. The third-order valence-corrected chi connectivity index (χ3v) is 6.09. The first-order valence-electron chi connectivity index (χ1n) is 10.7. The maximum absolute atomic E-state index is 10.4. The molecule has 30 heavy (non-hydrogen) atoms. The molecule has 0 amide bonds. The van der Waals surface area contributed by atoms with Crippen molar-refractivity contribution < 1.29 is 5.11 Å². The highest BCUT2D eigenvalue weighted by Gasteiger charge is 2.21. The number of guanidine groups is 1. The van der Waals surface area contributed by atoms with Crippen LogP contribution in [0, 0.1) is 0 Å². The van der Waals surface area contributed by atoms with E-state index in [0.717, 1.165) is 56.1 Å². The Bertz CT molecular complexity index is 850. The van der Waals surface area contributed by atoms with Gasteiger partial charge < -0.3 is 20.6 Å². The number of hydrogen-bond acceptors (Lipinski definition) is 4. The Hall–Kier alpha value is -2.03. The Morgan fingerprint density at radius 3 is 2.70 bits per heavy atom. The summed E-state index contributed by atoms with van der Waals surface area (Å²) in [5.41, 5.74) is 3.73. The Kier molecular flexibility index (Phi) is 8.18. The maximum Gasteiger partial charge on any atom is 0.191 e. The van der Waals surface area contributed by atoms with E-state index in [1.807, 2.05) is 24.4 Å². The summed E-state index contributed by atoms with van der Waals surface area (Å²) in [6, 6.07) is 10.4. The predicted molar refractivity (Wildman–Crippen MR) is 133 cm³/mol. The van der Waals surface area contributed by atoms with E-state index < -0.39 is 0 Å². The van der Waals surface area contributed by atoms with Crippen molar-refractivity contribution >= 4 is 35.8 Å². The van der Waals surface area contributed by atoms with E-state index in [2.05, 4.69) is 37.6 Å². The number of rotatable bonds is 4. The van der Waals surface area contributed by atoms with Gasteiger partial charge in [-0.25, -0.2) is 4.98 Å². The van der Waals surface area contributed by atoms with Crippen molar-refractivity contribution in [2.24, 2.45) is 4.99 Å². The third-order valence-electron chi connectivity index (χ3n) is 6.09. The van der Waals surface area contributed by atoms with Gasteiger partial charge in [0.15, 0.2) is 5.96 Å². The monoisotopic (exact) mass is 521 g/mol. The van der Waals surface area contributed by atoms with Gasteiger partial charge in [0.05, 0.1) is 0 Å². The minimum Gasteiger partial charge on any atom is -0.508 e. The van der Waals surface area contributed by atoms with Crippen molar-refractivity contribution in [3.05, 3.63) is 53.2 Å². The van der Waals surface area contributed by atoms with Crippen LogP contribution in [0.3, 0.4) is 0 Å². The van der Waals surface area contributed by atoms with Crippen molar-refractivity contribution in [3.8, 4) is 5.75 Å². The van der Waals surface area contributed by atoms with Crippen LogP contribution in [0.2, 0.25) is 0 Å².